The van der Waals surface area contributed by atoms with Gasteiger partial charge in [-0.15, -0.1) is 0 Å². The molecular formula is C13H10N2O3S. The number of carbonyl (C=O) groups excluding carboxylic acids is 1. The number of fused-ring (bicyclic) bond motifs is 1. The summed E-state index contributed by atoms with van der Waals surface area (Å²) in [4.78, 5) is 16.2. The van der Waals surface area contributed by atoms with Crippen LogP contribution in [-0.2, 0) is 4.74 Å². The summed E-state index contributed by atoms with van der Waals surface area (Å²) in [6, 6.07) is 9.46. The normalized spacial score (nSPS) is 10.8. The van der Waals surface area contributed by atoms with E-state index in [0.29, 0.717) is 15.8 Å². The third-order valence-corrected chi connectivity index (χ3v) is 3.57. The van der Waals surface area contributed by atoms with Gasteiger partial charge in [-0.2, -0.15) is 0 Å². The molecule has 5 nitrogen and oxygen atoms in total. The second kappa shape index (κ2) is 4.40. The number of hydrogen-bond donors (Lipinski definition) is 1. The fourth-order valence-corrected chi connectivity index (χ4v) is 2.61. The molecule has 0 unspecified atom stereocenters. The van der Waals surface area contributed by atoms with Crippen molar-refractivity contribution in [1.29, 1.82) is 0 Å². The zero-order valence-corrected chi connectivity index (χ0v) is 10.9. The third-order valence-electron chi connectivity index (χ3n) is 2.67. The lowest BCUT2D eigenvalue weighted by atomic mass is 10.2. The lowest BCUT2D eigenvalue weighted by molar-refractivity contribution is 0.0595. The van der Waals surface area contributed by atoms with Crippen LogP contribution in [0.5, 0.6) is 0 Å². The Kier molecular flexibility index (Phi) is 2.72. The van der Waals surface area contributed by atoms with Crippen molar-refractivity contribution in [2.24, 2.45) is 0 Å². The SMILES string of the molecule is COC(=O)c1nc(N)sc1-c1cc2ccccc2o1. The van der Waals surface area contributed by atoms with Gasteiger partial charge in [0.25, 0.3) is 0 Å². The van der Waals surface area contributed by atoms with Crippen LogP contribution in [0.1, 0.15) is 10.5 Å². The van der Waals surface area contributed by atoms with Crippen LogP contribution in [0.25, 0.3) is 21.6 Å². The van der Waals surface area contributed by atoms with Crippen LogP contribution in [0.4, 0.5) is 5.13 Å². The van der Waals surface area contributed by atoms with E-state index in [0.717, 1.165) is 11.0 Å². The van der Waals surface area contributed by atoms with Gasteiger partial charge in [0.05, 0.1) is 7.11 Å². The monoisotopic (exact) mass is 274 g/mol. The number of nitrogens with two attached hydrogens (primary N) is 1. The van der Waals surface area contributed by atoms with Crippen LogP contribution in [0.3, 0.4) is 0 Å². The standard InChI is InChI=1S/C13H10N2O3S/c1-17-12(16)10-11(19-13(14)15-10)9-6-7-4-2-3-5-8(7)18-9/h2-6H,1H3,(H2,14,15). The first-order chi connectivity index (χ1) is 9.19. The lowest BCUT2D eigenvalue weighted by Gasteiger charge is -1.96. The van der Waals surface area contributed by atoms with Crippen molar-refractivity contribution in [3.8, 4) is 10.6 Å². The van der Waals surface area contributed by atoms with E-state index < -0.39 is 5.97 Å². The van der Waals surface area contributed by atoms with E-state index in [4.69, 9.17) is 14.9 Å². The molecule has 0 amide bonds. The maximum atomic E-state index is 11.7. The first-order valence-electron chi connectivity index (χ1n) is 5.52. The zero-order chi connectivity index (χ0) is 13.4. The summed E-state index contributed by atoms with van der Waals surface area (Å²) in [7, 11) is 1.31. The van der Waals surface area contributed by atoms with Gasteiger partial charge in [-0.05, 0) is 12.1 Å². The number of nitrogen functional groups attached to an aromatic ring is 1. The molecule has 0 saturated carbocycles. The van der Waals surface area contributed by atoms with Gasteiger partial charge in [0.2, 0.25) is 0 Å². The summed E-state index contributed by atoms with van der Waals surface area (Å²) in [5.41, 5.74) is 6.60. The molecule has 3 rings (SSSR count). The summed E-state index contributed by atoms with van der Waals surface area (Å²) in [5.74, 6) is 0.0409. The number of anilines is 1. The maximum Gasteiger partial charge on any atom is 0.358 e. The molecule has 0 atom stereocenters. The van der Waals surface area contributed by atoms with Crippen molar-refractivity contribution < 1.29 is 13.9 Å². The fraction of sp³-hybridized carbons (Fsp3) is 0.0769. The first kappa shape index (κ1) is 11.7. The van der Waals surface area contributed by atoms with Crippen molar-refractivity contribution in [2.75, 3.05) is 12.8 Å². The lowest BCUT2D eigenvalue weighted by Crippen LogP contribution is -2.03. The van der Waals surface area contributed by atoms with Gasteiger partial charge >= 0.3 is 5.97 Å². The van der Waals surface area contributed by atoms with Gasteiger partial charge in [0.1, 0.15) is 16.2 Å². The van der Waals surface area contributed by atoms with Gasteiger partial charge in [-0.1, -0.05) is 29.5 Å². The van der Waals surface area contributed by atoms with Gasteiger partial charge in [-0.25, -0.2) is 9.78 Å². The Morgan fingerprint density at radius 3 is 2.95 bits per heavy atom. The molecule has 96 valence electrons. The number of thiazole rings is 1. The molecule has 19 heavy (non-hydrogen) atoms. The molecule has 0 saturated heterocycles. The van der Waals surface area contributed by atoms with E-state index in [2.05, 4.69) is 4.98 Å². The van der Waals surface area contributed by atoms with Gasteiger partial charge in [-0.3, -0.25) is 0 Å². The molecule has 1 aromatic carbocycles. The molecule has 3 aromatic rings. The maximum absolute atomic E-state index is 11.7. The number of furan rings is 1. The van der Waals surface area contributed by atoms with Crippen molar-refractivity contribution in [3.05, 3.63) is 36.0 Å². The van der Waals surface area contributed by atoms with Crippen LogP contribution in [0, 0.1) is 0 Å². The second-order valence-corrected chi connectivity index (χ2v) is 4.90. The average molecular weight is 274 g/mol. The average Bonchev–Trinajstić information content (AvgIpc) is 3.00. The topological polar surface area (TPSA) is 78.3 Å². The molecule has 0 aliphatic heterocycles. The van der Waals surface area contributed by atoms with E-state index in [9.17, 15) is 4.79 Å². The molecule has 2 N–H and O–H groups in total. The largest absolute Gasteiger partial charge is 0.464 e. The van der Waals surface area contributed by atoms with Crippen LogP contribution in [0.15, 0.2) is 34.7 Å². The first-order valence-corrected chi connectivity index (χ1v) is 6.34. The molecule has 6 heteroatoms. The number of rotatable bonds is 2. The van der Waals surface area contributed by atoms with E-state index in [-0.39, 0.29) is 5.69 Å². The van der Waals surface area contributed by atoms with E-state index >= 15 is 0 Å². The summed E-state index contributed by atoms with van der Waals surface area (Å²) in [6.07, 6.45) is 0. The minimum atomic E-state index is -0.525. The van der Waals surface area contributed by atoms with Gasteiger partial charge in [0.15, 0.2) is 10.8 Å². The summed E-state index contributed by atoms with van der Waals surface area (Å²) < 4.78 is 10.4. The Bertz CT molecular complexity index is 727. The van der Waals surface area contributed by atoms with Crippen LogP contribution in [0.2, 0.25) is 0 Å². The number of methoxy groups -OCH3 is 1. The van der Waals surface area contributed by atoms with Crippen LogP contribution in [-0.4, -0.2) is 18.1 Å². The minimum Gasteiger partial charge on any atom is -0.464 e. The zero-order valence-electron chi connectivity index (χ0n) is 10.0. The molecule has 0 fully saturated rings. The number of nitrogens with zero attached hydrogens (tertiary/aromatic N) is 1. The molecule has 0 bridgehead atoms. The van der Waals surface area contributed by atoms with Crippen LogP contribution < -0.4 is 5.73 Å². The van der Waals surface area contributed by atoms with Crippen molar-refractivity contribution >= 4 is 33.4 Å². The molecule has 0 spiro atoms. The number of carbonyl (C=O) groups is 1. The van der Waals surface area contributed by atoms with Gasteiger partial charge in [0, 0.05) is 5.39 Å². The number of para-hydroxylation sites is 1. The number of benzene rings is 1. The molecule has 2 heterocycles. The number of hydrogen-bond acceptors (Lipinski definition) is 6. The second-order valence-electron chi connectivity index (χ2n) is 3.87. The Morgan fingerprint density at radius 1 is 1.42 bits per heavy atom. The summed E-state index contributed by atoms with van der Waals surface area (Å²) in [5, 5.41) is 1.26. The smallest absolute Gasteiger partial charge is 0.358 e. The van der Waals surface area contributed by atoms with E-state index in [1.807, 2.05) is 30.3 Å². The fourth-order valence-electron chi connectivity index (χ4n) is 1.83. The van der Waals surface area contributed by atoms with Crippen LogP contribution >= 0.6 is 11.3 Å². The Balaban J connectivity index is 2.18. The van der Waals surface area contributed by atoms with E-state index in [1.54, 1.807) is 0 Å². The molecular weight excluding hydrogens is 264 g/mol. The highest BCUT2D eigenvalue weighted by Gasteiger charge is 2.21. The number of esters is 1. The number of ether oxygens (including phenoxy) is 1. The van der Waals surface area contributed by atoms with Crippen molar-refractivity contribution in [3.63, 3.8) is 0 Å². The van der Waals surface area contributed by atoms with Gasteiger partial charge < -0.3 is 14.9 Å². The molecule has 2 aromatic heterocycles. The predicted molar refractivity (Wildman–Crippen MR) is 73.1 cm³/mol. The quantitative estimate of drug-likeness (QED) is 0.727. The highest BCUT2D eigenvalue weighted by molar-refractivity contribution is 7.19. The summed E-state index contributed by atoms with van der Waals surface area (Å²) >= 11 is 1.20. The van der Waals surface area contributed by atoms with Crippen molar-refractivity contribution in [1.82, 2.24) is 4.98 Å². The Labute approximate surface area is 112 Å². The molecule has 0 aliphatic carbocycles. The number of aromatic nitrogens is 1. The highest BCUT2D eigenvalue weighted by atomic mass is 32.1. The van der Waals surface area contributed by atoms with E-state index in [1.165, 1.54) is 18.4 Å². The molecule has 0 aliphatic rings. The predicted octanol–water partition coefficient (Wildman–Crippen LogP) is 2.93. The van der Waals surface area contributed by atoms with Crippen molar-refractivity contribution in [2.45, 2.75) is 0 Å². The Hall–Kier alpha value is -2.34. The molecule has 0 radical (unpaired) electrons. The minimum absolute atomic E-state index is 0.184. The third kappa shape index (κ3) is 1.96. The highest BCUT2D eigenvalue weighted by Crippen LogP contribution is 2.35. The Morgan fingerprint density at radius 2 is 2.21 bits per heavy atom. The summed E-state index contributed by atoms with van der Waals surface area (Å²) in [6.45, 7) is 0.